The van der Waals surface area contributed by atoms with Gasteiger partial charge in [0, 0.05) is 12.1 Å². The van der Waals surface area contributed by atoms with Crippen LogP contribution in [0.2, 0.25) is 0 Å². The number of halogens is 1. The second-order valence-corrected chi connectivity index (χ2v) is 3.49. The minimum atomic E-state index is -0.242. The molecular formula is C11H16FNO. The van der Waals surface area contributed by atoms with Gasteiger partial charge in [-0.15, -0.1) is 0 Å². The fraction of sp³-hybridized carbons (Fsp3) is 0.455. The predicted molar refractivity (Wildman–Crippen MR) is 54.2 cm³/mol. The maximum atomic E-state index is 13.4. The van der Waals surface area contributed by atoms with Gasteiger partial charge in [-0.3, -0.25) is 0 Å². The SMILES string of the molecule is CC(C)OCc1ccc(CN)cc1F. The largest absolute Gasteiger partial charge is 0.374 e. The van der Waals surface area contributed by atoms with Gasteiger partial charge in [-0.25, -0.2) is 4.39 Å². The molecule has 2 N–H and O–H groups in total. The van der Waals surface area contributed by atoms with Gasteiger partial charge >= 0.3 is 0 Å². The Kier molecular flexibility index (Phi) is 4.04. The normalized spacial score (nSPS) is 10.9. The zero-order valence-corrected chi connectivity index (χ0v) is 8.59. The lowest BCUT2D eigenvalue weighted by atomic mass is 10.1. The Labute approximate surface area is 83.9 Å². The molecule has 0 bridgehead atoms. The van der Waals surface area contributed by atoms with Crippen LogP contribution in [0, 0.1) is 5.82 Å². The average molecular weight is 197 g/mol. The highest BCUT2D eigenvalue weighted by Gasteiger charge is 2.04. The molecule has 0 aliphatic carbocycles. The van der Waals surface area contributed by atoms with E-state index in [4.69, 9.17) is 10.5 Å². The summed E-state index contributed by atoms with van der Waals surface area (Å²) in [5.41, 5.74) is 6.77. The molecule has 1 rings (SSSR count). The van der Waals surface area contributed by atoms with Gasteiger partial charge in [-0.05, 0) is 25.5 Å². The molecule has 0 aromatic heterocycles. The van der Waals surface area contributed by atoms with Crippen LogP contribution in [-0.4, -0.2) is 6.10 Å². The summed E-state index contributed by atoms with van der Waals surface area (Å²) in [7, 11) is 0. The standard InChI is InChI=1S/C11H16FNO/c1-8(2)14-7-10-4-3-9(6-13)5-11(10)12/h3-5,8H,6-7,13H2,1-2H3. The van der Waals surface area contributed by atoms with Gasteiger partial charge < -0.3 is 10.5 Å². The second-order valence-electron chi connectivity index (χ2n) is 3.49. The number of rotatable bonds is 4. The third-order valence-electron chi connectivity index (χ3n) is 1.93. The summed E-state index contributed by atoms with van der Waals surface area (Å²) in [5.74, 6) is -0.242. The quantitative estimate of drug-likeness (QED) is 0.803. The molecule has 0 radical (unpaired) electrons. The van der Waals surface area contributed by atoms with Crippen LogP contribution >= 0.6 is 0 Å². The Hall–Kier alpha value is -0.930. The predicted octanol–water partition coefficient (Wildman–Crippen LogP) is 2.21. The second kappa shape index (κ2) is 5.08. The zero-order valence-electron chi connectivity index (χ0n) is 8.59. The van der Waals surface area contributed by atoms with Crippen LogP contribution in [0.3, 0.4) is 0 Å². The van der Waals surface area contributed by atoms with E-state index in [0.29, 0.717) is 18.7 Å². The van der Waals surface area contributed by atoms with E-state index in [0.717, 1.165) is 5.56 Å². The monoisotopic (exact) mass is 197 g/mol. The van der Waals surface area contributed by atoms with Crippen molar-refractivity contribution in [1.82, 2.24) is 0 Å². The van der Waals surface area contributed by atoms with E-state index in [1.807, 2.05) is 19.9 Å². The molecule has 14 heavy (non-hydrogen) atoms. The first-order valence-electron chi connectivity index (χ1n) is 4.72. The van der Waals surface area contributed by atoms with Gasteiger partial charge in [-0.1, -0.05) is 12.1 Å². The van der Waals surface area contributed by atoms with E-state index >= 15 is 0 Å². The maximum Gasteiger partial charge on any atom is 0.129 e. The fourth-order valence-electron chi connectivity index (χ4n) is 1.09. The maximum absolute atomic E-state index is 13.4. The molecule has 1 aromatic carbocycles. The molecule has 0 atom stereocenters. The number of hydrogen-bond acceptors (Lipinski definition) is 2. The van der Waals surface area contributed by atoms with Gasteiger partial charge in [0.2, 0.25) is 0 Å². The van der Waals surface area contributed by atoms with Crippen molar-refractivity contribution in [3.8, 4) is 0 Å². The smallest absolute Gasteiger partial charge is 0.129 e. The van der Waals surface area contributed by atoms with E-state index in [2.05, 4.69) is 0 Å². The third-order valence-corrected chi connectivity index (χ3v) is 1.93. The van der Waals surface area contributed by atoms with Crippen molar-refractivity contribution in [2.45, 2.75) is 33.1 Å². The van der Waals surface area contributed by atoms with E-state index < -0.39 is 0 Å². The van der Waals surface area contributed by atoms with Gasteiger partial charge in [0.25, 0.3) is 0 Å². The van der Waals surface area contributed by atoms with E-state index in [-0.39, 0.29) is 11.9 Å². The average Bonchev–Trinajstić information content (AvgIpc) is 2.15. The van der Waals surface area contributed by atoms with E-state index in [9.17, 15) is 4.39 Å². The molecule has 3 heteroatoms. The van der Waals surface area contributed by atoms with Crippen LogP contribution < -0.4 is 5.73 Å². The van der Waals surface area contributed by atoms with Crippen LogP contribution in [0.15, 0.2) is 18.2 Å². The van der Waals surface area contributed by atoms with Crippen LogP contribution in [0.1, 0.15) is 25.0 Å². The Bertz CT molecular complexity index is 299. The van der Waals surface area contributed by atoms with Crippen LogP contribution in [0.4, 0.5) is 4.39 Å². The van der Waals surface area contributed by atoms with Crippen molar-refractivity contribution in [2.75, 3.05) is 0 Å². The highest BCUT2D eigenvalue weighted by molar-refractivity contribution is 5.23. The molecule has 0 heterocycles. The molecule has 0 amide bonds. The lowest BCUT2D eigenvalue weighted by Crippen LogP contribution is -2.05. The molecule has 0 saturated carbocycles. The van der Waals surface area contributed by atoms with Crippen molar-refractivity contribution in [2.24, 2.45) is 5.73 Å². The van der Waals surface area contributed by atoms with Crippen molar-refractivity contribution in [3.63, 3.8) is 0 Å². The highest BCUT2D eigenvalue weighted by atomic mass is 19.1. The third kappa shape index (κ3) is 3.09. The van der Waals surface area contributed by atoms with Gasteiger partial charge in [0.15, 0.2) is 0 Å². The van der Waals surface area contributed by atoms with Gasteiger partial charge in [0.05, 0.1) is 12.7 Å². The van der Waals surface area contributed by atoms with Crippen molar-refractivity contribution < 1.29 is 9.13 Å². The van der Waals surface area contributed by atoms with E-state index in [1.54, 1.807) is 6.07 Å². The molecule has 0 unspecified atom stereocenters. The zero-order chi connectivity index (χ0) is 10.6. The number of benzene rings is 1. The van der Waals surface area contributed by atoms with Crippen molar-refractivity contribution in [1.29, 1.82) is 0 Å². The minimum absolute atomic E-state index is 0.114. The van der Waals surface area contributed by atoms with Gasteiger partial charge in [0.1, 0.15) is 5.82 Å². The first kappa shape index (κ1) is 11.1. The lowest BCUT2D eigenvalue weighted by Gasteiger charge is -2.08. The molecular weight excluding hydrogens is 181 g/mol. The topological polar surface area (TPSA) is 35.2 Å². The van der Waals surface area contributed by atoms with Crippen molar-refractivity contribution in [3.05, 3.63) is 35.1 Å². The molecule has 78 valence electrons. The Morgan fingerprint density at radius 3 is 2.64 bits per heavy atom. The Morgan fingerprint density at radius 1 is 1.43 bits per heavy atom. The summed E-state index contributed by atoms with van der Waals surface area (Å²) in [4.78, 5) is 0. The minimum Gasteiger partial charge on any atom is -0.374 e. The Balaban J connectivity index is 2.69. The summed E-state index contributed by atoms with van der Waals surface area (Å²) in [6, 6.07) is 5.00. The number of nitrogens with two attached hydrogens (primary N) is 1. The van der Waals surface area contributed by atoms with Crippen LogP contribution in [0.25, 0.3) is 0 Å². The molecule has 1 aromatic rings. The molecule has 0 saturated heterocycles. The summed E-state index contributed by atoms with van der Waals surface area (Å²) >= 11 is 0. The molecule has 0 aliphatic rings. The van der Waals surface area contributed by atoms with Crippen molar-refractivity contribution >= 4 is 0 Å². The number of hydrogen-bond donors (Lipinski definition) is 1. The summed E-state index contributed by atoms with van der Waals surface area (Å²) in [6.45, 7) is 4.52. The van der Waals surface area contributed by atoms with Crippen LogP contribution in [0.5, 0.6) is 0 Å². The lowest BCUT2D eigenvalue weighted by molar-refractivity contribution is 0.0639. The van der Waals surface area contributed by atoms with Crippen LogP contribution in [-0.2, 0) is 17.9 Å². The molecule has 0 aliphatic heterocycles. The molecule has 0 fully saturated rings. The summed E-state index contributed by atoms with van der Waals surface area (Å²) in [5, 5.41) is 0. The number of ether oxygens (including phenoxy) is 1. The first-order valence-corrected chi connectivity index (χ1v) is 4.72. The summed E-state index contributed by atoms with van der Waals surface area (Å²) < 4.78 is 18.7. The first-order chi connectivity index (χ1) is 6.63. The highest BCUT2D eigenvalue weighted by Crippen LogP contribution is 2.12. The van der Waals surface area contributed by atoms with Gasteiger partial charge in [-0.2, -0.15) is 0 Å². The summed E-state index contributed by atoms with van der Waals surface area (Å²) in [6.07, 6.45) is 0.114. The van der Waals surface area contributed by atoms with E-state index in [1.165, 1.54) is 6.07 Å². The molecule has 0 spiro atoms. The molecule has 2 nitrogen and oxygen atoms in total. The fourth-order valence-corrected chi connectivity index (χ4v) is 1.09. The Morgan fingerprint density at radius 2 is 2.14 bits per heavy atom.